The first-order valence-corrected chi connectivity index (χ1v) is 9.54. The lowest BCUT2D eigenvalue weighted by atomic mass is 9.82. The summed E-state index contributed by atoms with van der Waals surface area (Å²) in [5.74, 6) is -1.39. The van der Waals surface area contributed by atoms with Crippen molar-refractivity contribution in [2.24, 2.45) is 5.41 Å². The minimum Gasteiger partial charge on any atom is -0.481 e. The van der Waals surface area contributed by atoms with Gasteiger partial charge in [0, 0.05) is 12.1 Å². The van der Waals surface area contributed by atoms with Crippen LogP contribution in [0.2, 0.25) is 0 Å². The number of aryl methyl sites for hydroxylation is 1. The molecule has 0 bridgehead atoms. The number of hydrogen-bond donors (Lipinski definition) is 3. The Morgan fingerprint density at radius 2 is 1.79 bits per heavy atom. The molecule has 1 aromatic rings. The van der Waals surface area contributed by atoms with Gasteiger partial charge in [-0.1, -0.05) is 19.9 Å². The molecule has 134 valence electrons. The van der Waals surface area contributed by atoms with Crippen LogP contribution < -0.4 is 10.0 Å². The number of anilines is 1. The molecule has 0 heterocycles. The summed E-state index contributed by atoms with van der Waals surface area (Å²) >= 11 is 0. The molecule has 24 heavy (non-hydrogen) atoms. The minimum atomic E-state index is -3.46. The summed E-state index contributed by atoms with van der Waals surface area (Å²) in [5, 5.41) is 12.0. The van der Waals surface area contributed by atoms with E-state index in [-0.39, 0.29) is 12.1 Å². The summed E-state index contributed by atoms with van der Waals surface area (Å²) in [6, 6.07) is 4.64. The molecule has 7 nitrogen and oxygen atoms in total. The molecular weight excluding hydrogens is 332 g/mol. The SMILES string of the molecule is CCC(CC)(CNC(=O)c1ccc(C)c(NS(C)(=O)=O)c1)C(=O)O. The third kappa shape index (κ3) is 4.95. The Kier molecular flexibility index (Phi) is 6.36. The largest absolute Gasteiger partial charge is 0.481 e. The van der Waals surface area contributed by atoms with Crippen molar-refractivity contribution in [1.82, 2.24) is 5.32 Å². The number of aliphatic carboxylic acids is 1. The number of carbonyl (C=O) groups is 2. The Hall–Kier alpha value is -2.09. The quantitative estimate of drug-likeness (QED) is 0.659. The first-order chi connectivity index (χ1) is 11.0. The predicted octanol–water partition coefficient (Wildman–Crippen LogP) is 1.99. The molecule has 0 fully saturated rings. The zero-order valence-corrected chi connectivity index (χ0v) is 15.2. The van der Waals surface area contributed by atoms with Crippen molar-refractivity contribution in [3.05, 3.63) is 29.3 Å². The van der Waals surface area contributed by atoms with Gasteiger partial charge in [-0.15, -0.1) is 0 Å². The molecule has 0 saturated carbocycles. The maximum atomic E-state index is 12.3. The summed E-state index contributed by atoms with van der Waals surface area (Å²) in [5.41, 5.74) is 0.256. The third-order valence-electron chi connectivity index (χ3n) is 4.19. The van der Waals surface area contributed by atoms with Crippen molar-refractivity contribution in [2.45, 2.75) is 33.6 Å². The first-order valence-electron chi connectivity index (χ1n) is 7.64. The van der Waals surface area contributed by atoms with E-state index in [1.807, 2.05) is 0 Å². The molecule has 0 saturated heterocycles. The molecule has 0 atom stereocenters. The molecule has 0 aliphatic heterocycles. The number of nitrogens with one attached hydrogen (secondary N) is 2. The summed E-state index contributed by atoms with van der Waals surface area (Å²) in [7, 11) is -3.46. The summed E-state index contributed by atoms with van der Waals surface area (Å²) in [6.07, 6.45) is 1.82. The first kappa shape index (κ1) is 20.0. The fraction of sp³-hybridized carbons (Fsp3) is 0.500. The van der Waals surface area contributed by atoms with E-state index in [0.29, 0.717) is 24.1 Å². The second-order valence-electron chi connectivity index (χ2n) is 5.88. The molecule has 0 radical (unpaired) electrons. The zero-order chi connectivity index (χ0) is 18.5. The molecule has 0 unspecified atom stereocenters. The number of sulfonamides is 1. The Morgan fingerprint density at radius 1 is 1.21 bits per heavy atom. The van der Waals surface area contributed by atoms with Crippen LogP contribution in [0.5, 0.6) is 0 Å². The second-order valence-corrected chi connectivity index (χ2v) is 7.63. The molecule has 3 N–H and O–H groups in total. The molecular formula is C16H24N2O5S. The van der Waals surface area contributed by atoms with Gasteiger partial charge in [-0.3, -0.25) is 14.3 Å². The van der Waals surface area contributed by atoms with Crippen LogP contribution in [0.15, 0.2) is 18.2 Å². The van der Waals surface area contributed by atoms with Crippen molar-refractivity contribution in [1.29, 1.82) is 0 Å². The highest BCUT2D eigenvalue weighted by Gasteiger charge is 2.35. The molecule has 1 amide bonds. The minimum absolute atomic E-state index is 0.0108. The van der Waals surface area contributed by atoms with Crippen molar-refractivity contribution >= 4 is 27.6 Å². The molecule has 0 aliphatic rings. The van der Waals surface area contributed by atoms with Gasteiger partial charge in [0.1, 0.15) is 0 Å². The number of rotatable bonds is 8. The Bertz CT molecular complexity index is 724. The van der Waals surface area contributed by atoms with E-state index >= 15 is 0 Å². The van der Waals surface area contributed by atoms with Crippen molar-refractivity contribution in [3.63, 3.8) is 0 Å². The van der Waals surface area contributed by atoms with Gasteiger partial charge in [0.2, 0.25) is 10.0 Å². The van der Waals surface area contributed by atoms with E-state index in [4.69, 9.17) is 0 Å². The maximum Gasteiger partial charge on any atom is 0.311 e. The van der Waals surface area contributed by atoms with Gasteiger partial charge in [-0.2, -0.15) is 0 Å². The molecule has 0 aromatic heterocycles. The Balaban J connectivity index is 2.96. The van der Waals surface area contributed by atoms with Crippen LogP contribution in [-0.2, 0) is 14.8 Å². The van der Waals surface area contributed by atoms with E-state index in [0.717, 1.165) is 6.26 Å². The number of benzene rings is 1. The summed E-state index contributed by atoms with van der Waals surface area (Å²) in [6.45, 7) is 5.27. The number of hydrogen-bond acceptors (Lipinski definition) is 4. The predicted molar refractivity (Wildman–Crippen MR) is 92.6 cm³/mol. The van der Waals surface area contributed by atoms with E-state index in [1.165, 1.54) is 6.07 Å². The molecule has 8 heteroatoms. The van der Waals surface area contributed by atoms with Gasteiger partial charge >= 0.3 is 5.97 Å². The number of amides is 1. The van der Waals surface area contributed by atoms with Crippen LogP contribution in [0, 0.1) is 12.3 Å². The standard InChI is InChI=1S/C16H24N2O5S/c1-5-16(6-2,15(20)21)10-17-14(19)12-8-7-11(3)13(9-12)18-24(4,22)23/h7-9,18H,5-6,10H2,1-4H3,(H,17,19)(H,20,21). The third-order valence-corrected chi connectivity index (χ3v) is 4.78. The van der Waals surface area contributed by atoms with Crippen molar-refractivity contribution in [3.8, 4) is 0 Å². The number of carboxylic acids is 1. The maximum absolute atomic E-state index is 12.3. The fourth-order valence-electron chi connectivity index (χ4n) is 2.30. The highest BCUT2D eigenvalue weighted by molar-refractivity contribution is 7.92. The lowest BCUT2D eigenvalue weighted by Crippen LogP contribution is -2.42. The van der Waals surface area contributed by atoms with Crippen LogP contribution in [-0.4, -0.2) is 38.2 Å². The van der Waals surface area contributed by atoms with Gasteiger partial charge < -0.3 is 10.4 Å². The van der Waals surface area contributed by atoms with Crippen LogP contribution in [0.1, 0.15) is 42.6 Å². The van der Waals surface area contributed by atoms with Crippen molar-refractivity contribution in [2.75, 3.05) is 17.5 Å². The fourth-order valence-corrected chi connectivity index (χ4v) is 2.92. The van der Waals surface area contributed by atoms with Crippen LogP contribution in [0.25, 0.3) is 0 Å². The van der Waals surface area contributed by atoms with Gasteiger partial charge in [0.15, 0.2) is 0 Å². The summed E-state index contributed by atoms with van der Waals surface area (Å²) < 4.78 is 25.1. The monoisotopic (exact) mass is 356 g/mol. The number of carboxylic acid groups (broad SMARTS) is 1. The molecule has 1 aromatic carbocycles. The Morgan fingerprint density at radius 3 is 2.25 bits per heavy atom. The average Bonchev–Trinajstić information content (AvgIpc) is 2.49. The normalized spacial score (nSPS) is 11.8. The van der Waals surface area contributed by atoms with E-state index in [1.54, 1.807) is 32.9 Å². The molecule has 0 aliphatic carbocycles. The lowest BCUT2D eigenvalue weighted by molar-refractivity contribution is -0.149. The van der Waals surface area contributed by atoms with Crippen molar-refractivity contribution < 1.29 is 23.1 Å². The van der Waals surface area contributed by atoms with Gasteiger partial charge in [0.05, 0.1) is 17.4 Å². The molecule has 1 rings (SSSR count). The van der Waals surface area contributed by atoms with Crippen LogP contribution in [0.3, 0.4) is 0 Å². The van der Waals surface area contributed by atoms with Gasteiger partial charge in [-0.05, 0) is 37.5 Å². The summed E-state index contributed by atoms with van der Waals surface area (Å²) in [4.78, 5) is 23.8. The smallest absolute Gasteiger partial charge is 0.311 e. The highest BCUT2D eigenvalue weighted by Crippen LogP contribution is 2.26. The van der Waals surface area contributed by atoms with Crippen LogP contribution >= 0.6 is 0 Å². The van der Waals surface area contributed by atoms with E-state index in [9.17, 15) is 23.1 Å². The lowest BCUT2D eigenvalue weighted by Gasteiger charge is -2.26. The van der Waals surface area contributed by atoms with Crippen LogP contribution in [0.4, 0.5) is 5.69 Å². The Labute approximate surface area is 142 Å². The topological polar surface area (TPSA) is 113 Å². The average molecular weight is 356 g/mol. The second kappa shape index (κ2) is 7.65. The zero-order valence-electron chi connectivity index (χ0n) is 14.3. The van der Waals surface area contributed by atoms with E-state index < -0.39 is 27.3 Å². The van der Waals surface area contributed by atoms with E-state index in [2.05, 4.69) is 10.0 Å². The molecule has 0 spiro atoms. The highest BCUT2D eigenvalue weighted by atomic mass is 32.2. The van der Waals surface area contributed by atoms with Gasteiger partial charge in [-0.25, -0.2) is 8.42 Å². The number of carbonyl (C=O) groups excluding carboxylic acids is 1. The van der Waals surface area contributed by atoms with Gasteiger partial charge in [0.25, 0.3) is 5.91 Å².